The Bertz CT molecular complexity index is 415. The molecule has 142 valence electrons. The van der Waals surface area contributed by atoms with Gasteiger partial charge in [0.25, 0.3) is 0 Å². The fraction of sp³-hybridized carbons (Fsp3) is 0.870. The van der Waals surface area contributed by atoms with Crippen molar-refractivity contribution in [3.05, 3.63) is 11.6 Å². The smallest absolute Gasteiger partial charge is 0.330 e. The quantitative estimate of drug-likeness (QED) is 0.559. The second kappa shape index (κ2) is 8.73. The number of carboxylic acids is 1. The Labute approximate surface area is 154 Å². The first-order chi connectivity index (χ1) is 12.1. The predicted octanol–water partition coefficient (Wildman–Crippen LogP) is 6.74. The van der Waals surface area contributed by atoms with Crippen LogP contribution in [0.3, 0.4) is 0 Å². The highest BCUT2D eigenvalue weighted by Crippen LogP contribution is 2.57. The van der Waals surface area contributed by atoms with Crippen LogP contribution < -0.4 is 0 Å². The van der Waals surface area contributed by atoms with Gasteiger partial charge in [-0.05, 0) is 68.6 Å². The van der Waals surface area contributed by atoms with E-state index >= 15 is 0 Å². The summed E-state index contributed by atoms with van der Waals surface area (Å²) in [6.45, 7) is 1.85. The van der Waals surface area contributed by atoms with Gasteiger partial charge in [0.2, 0.25) is 0 Å². The van der Waals surface area contributed by atoms with Gasteiger partial charge in [0.15, 0.2) is 0 Å². The molecule has 3 aliphatic carbocycles. The number of aliphatic carboxylic acids is 1. The summed E-state index contributed by atoms with van der Waals surface area (Å²) in [5, 5.41) is 9.67. The zero-order valence-corrected chi connectivity index (χ0v) is 16.3. The van der Waals surface area contributed by atoms with E-state index in [0.717, 1.165) is 17.8 Å². The molecule has 0 spiro atoms. The second-order valence-electron chi connectivity index (χ2n) is 9.14. The molecule has 0 bridgehead atoms. The maximum atomic E-state index is 11.8. The average Bonchev–Trinajstić information content (AvgIpc) is 2.68. The van der Waals surface area contributed by atoms with Crippen LogP contribution >= 0.6 is 0 Å². The van der Waals surface area contributed by atoms with Crippen molar-refractivity contribution in [1.82, 2.24) is 0 Å². The van der Waals surface area contributed by atoms with Crippen molar-refractivity contribution in [2.45, 2.75) is 103 Å². The molecule has 0 aromatic heterocycles. The van der Waals surface area contributed by atoms with Gasteiger partial charge in [-0.25, -0.2) is 4.79 Å². The van der Waals surface area contributed by atoms with E-state index in [-0.39, 0.29) is 5.41 Å². The topological polar surface area (TPSA) is 37.3 Å². The van der Waals surface area contributed by atoms with Crippen molar-refractivity contribution in [1.29, 1.82) is 0 Å². The van der Waals surface area contributed by atoms with Crippen molar-refractivity contribution >= 4 is 5.97 Å². The number of carbonyl (C=O) groups is 1. The highest BCUT2D eigenvalue weighted by Gasteiger charge is 2.49. The summed E-state index contributed by atoms with van der Waals surface area (Å²) in [4.78, 5) is 11.8. The normalized spacial score (nSPS) is 25.9. The summed E-state index contributed by atoms with van der Waals surface area (Å²) in [6, 6.07) is 0. The molecule has 0 unspecified atom stereocenters. The minimum Gasteiger partial charge on any atom is -0.478 e. The van der Waals surface area contributed by atoms with E-state index in [1.54, 1.807) is 0 Å². The van der Waals surface area contributed by atoms with Crippen LogP contribution in [0.1, 0.15) is 103 Å². The maximum absolute atomic E-state index is 11.8. The first-order valence-electron chi connectivity index (χ1n) is 11.1. The van der Waals surface area contributed by atoms with Gasteiger partial charge in [0.05, 0.1) is 0 Å². The molecule has 0 radical (unpaired) electrons. The van der Waals surface area contributed by atoms with Crippen LogP contribution in [0.25, 0.3) is 0 Å². The molecule has 3 rings (SSSR count). The van der Waals surface area contributed by atoms with Gasteiger partial charge in [-0.1, -0.05) is 63.9 Å². The Kier molecular flexibility index (Phi) is 6.63. The summed E-state index contributed by atoms with van der Waals surface area (Å²) >= 11 is 0. The Morgan fingerprint density at radius 2 is 1.04 bits per heavy atom. The minimum absolute atomic E-state index is 0.170. The van der Waals surface area contributed by atoms with Crippen LogP contribution in [-0.4, -0.2) is 11.1 Å². The molecule has 0 aromatic rings. The number of hydrogen-bond donors (Lipinski definition) is 1. The lowest BCUT2D eigenvalue weighted by Gasteiger charge is -2.53. The third-order valence-corrected chi connectivity index (χ3v) is 7.74. The van der Waals surface area contributed by atoms with Crippen LogP contribution in [0, 0.1) is 23.2 Å². The lowest BCUT2D eigenvalue weighted by atomic mass is 9.51. The summed E-state index contributed by atoms with van der Waals surface area (Å²) < 4.78 is 0. The van der Waals surface area contributed by atoms with Crippen molar-refractivity contribution in [2.75, 3.05) is 0 Å². The Balaban J connectivity index is 2.03. The van der Waals surface area contributed by atoms with Crippen LogP contribution in [0.2, 0.25) is 0 Å². The molecule has 0 amide bonds. The third kappa shape index (κ3) is 4.14. The molecule has 2 heteroatoms. The number of rotatable bonds is 5. The Morgan fingerprint density at radius 3 is 1.32 bits per heavy atom. The highest BCUT2D eigenvalue weighted by atomic mass is 16.4. The average molecular weight is 347 g/mol. The van der Waals surface area contributed by atoms with Gasteiger partial charge in [-0.3, -0.25) is 0 Å². The van der Waals surface area contributed by atoms with E-state index in [0.29, 0.717) is 5.57 Å². The highest BCUT2D eigenvalue weighted by molar-refractivity contribution is 5.86. The van der Waals surface area contributed by atoms with E-state index in [1.165, 1.54) is 96.3 Å². The van der Waals surface area contributed by atoms with Gasteiger partial charge < -0.3 is 5.11 Å². The fourth-order valence-electron chi connectivity index (χ4n) is 6.60. The van der Waals surface area contributed by atoms with E-state index in [4.69, 9.17) is 0 Å². The fourth-order valence-corrected chi connectivity index (χ4v) is 6.60. The summed E-state index contributed by atoms with van der Waals surface area (Å²) in [5.41, 5.74) is 0.783. The molecule has 3 aliphatic rings. The Morgan fingerprint density at radius 1 is 0.720 bits per heavy atom. The SMILES string of the molecule is C/C(=C\C(C1CCCCC1)(C1CCCCC1)C1CCCCC1)C(=O)O. The molecule has 0 aliphatic heterocycles. The van der Waals surface area contributed by atoms with E-state index in [1.807, 2.05) is 6.92 Å². The molecule has 0 heterocycles. The maximum Gasteiger partial charge on any atom is 0.330 e. The van der Waals surface area contributed by atoms with Crippen LogP contribution in [-0.2, 0) is 4.79 Å². The number of hydrogen-bond acceptors (Lipinski definition) is 1. The van der Waals surface area contributed by atoms with Gasteiger partial charge in [0, 0.05) is 5.57 Å². The summed E-state index contributed by atoms with van der Waals surface area (Å²) in [5.74, 6) is 1.47. The zero-order chi connectivity index (χ0) is 17.7. The third-order valence-electron chi connectivity index (χ3n) is 7.74. The van der Waals surface area contributed by atoms with Crippen molar-refractivity contribution in [3.8, 4) is 0 Å². The molecule has 2 nitrogen and oxygen atoms in total. The first-order valence-corrected chi connectivity index (χ1v) is 11.1. The largest absolute Gasteiger partial charge is 0.478 e. The molecule has 25 heavy (non-hydrogen) atoms. The van der Waals surface area contributed by atoms with Crippen LogP contribution in [0.4, 0.5) is 0 Å². The lowest BCUT2D eigenvalue weighted by Crippen LogP contribution is -2.46. The van der Waals surface area contributed by atoms with Gasteiger partial charge in [0.1, 0.15) is 0 Å². The molecule has 3 saturated carbocycles. The molecular formula is C23H38O2. The molecule has 0 saturated heterocycles. The molecule has 0 aromatic carbocycles. The van der Waals surface area contributed by atoms with Crippen molar-refractivity contribution < 1.29 is 9.90 Å². The lowest BCUT2D eigenvalue weighted by molar-refractivity contribution is -0.132. The molecule has 0 atom stereocenters. The van der Waals surface area contributed by atoms with Crippen LogP contribution in [0.15, 0.2) is 11.6 Å². The van der Waals surface area contributed by atoms with E-state index in [2.05, 4.69) is 6.08 Å². The monoisotopic (exact) mass is 346 g/mol. The van der Waals surface area contributed by atoms with Gasteiger partial charge in [-0.2, -0.15) is 0 Å². The predicted molar refractivity (Wildman–Crippen MR) is 104 cm³/mol. The molecular weight excluding hydrogens is 308 g/mol. The summed E-state index contributed by atoms with van der Waals surface area (Å²) in [6.07, 6.45) is 22.5. The second-order valence-corrected chi connectivity index (χ2v) is 9.14. The van der Waals surface area contributed by atoms with Gasteiger partial charge >= 0.3 is 5.97 Å². The Hall–Kier alpha value is -0.790. The minimum atomic E-state index is -0.702. The molecule has 1 N–H and O–H groups in total. The van der Waals surface area contributed by atoms with Crippen LogP contribution in [0.5, 0.6) is 0 Å². The van der Waals surface area contributed by atoms with E-state index in [9.17, 15) is 9.90 Å². The van der Waals surface area contributed by atoms with E-state index < -0.39 is 5.97 Å². The molecule has 3 fully saturated rings. The standard InChI is InChI=1S/C23H38O2/c1-18(22(24)25)17-23(19-11-5-2-6-12-19,20-13-7-3-8-14-20)21-15-9-4-10-16-21/h17,19-21H,2-16H2,1H3,(H,24,25)/b18-17+. The van der Waals surface area contributed by atoms with Crippen molar-refractivity contribution in [3.63, 3.8) is 0 Å². The number of allylic oxidation sites excluding steroid dienone is 1. The summed E-state index contributed by atoms with van der Waals surface area (Å²) in [7, 11) is 0. The zero-order valence-electron chi connectivity index (χ0n) is 16.3. The number of carboxylic acid groups (broad SMARTS) is 1. The van der Waals surface area contributed by atoms with Gasteiger partial charge in [-0.15, -0.1) is 0 Å². The van der Waals surface area contributed by atoms with Crippen molar-refractivity contribution in [2.24, 2.45) is 23.2 Å². The first kappa shape index (κ1) is 19.0.